The zero-order valence-corrected chi connectivity index (χ0v) is 8.45. The predicted octanol–water partition coefficient (Wildman–Crippen LogP) is 1.52. The molecule has 5 nitrogen and oxygen atoms in total. The van der Waals surface area contributed by atoms with Crippen molar-refractivity contribution in [1.29, 1.82) is 0 Å². The van der Waals surface area contributed by atoms with Crippen LogP contribution < -0.4 is 5.73 Å². The Kier molecular flexibility index (Phi) is 1.54. The van der Waals surface area contributed by atoms with Gasteiger partial charge in [-0.2, -0.15) is 4.98 Å². The highest BCUT2D eigenvalue weighted by molar-refractivity contribution is 7.71. The maximum atomic E-state index is 5.59. The van der Waals surface area contributed by atoms with Crippen LogP contribution in [0.4, 0.5) is 5.95 Å². The molecular formula is C9H7N5S. The molecule has 1 aromatic carbocycles. The Morgan fingerprint density at radius 3 is 2.93 bits per heavy atom. The van der Waals surface area contributed by atoms with Crippen molar-refractivity contribution in [1.82, 2.24) is 19.6 Å². The number of nitrogens with one attached hydrogen (secondary N) is 1. The molecule has 0 aliphatic heterocycles. The second-order valence-electron chi connectivity index (χ2n) is 3.18. The summed E-state index contributed by atoms with van der Waals surface area (Å²) in [4.78, 5) is 8.45. The molecule has 0 spiro atoms. The van der Waals surface area contributed by atoms with Crippen molar-refractivity contribution in [2.75, 3.05) is 5.73 Å². The van der Waals surface area contributed by atoms with Gasteiger partial charge in [0.2, 0.25) is 10.7 Å². The van der Waals surface area contributed by atoms with E-state index in [4.69, 9.17) is 18.0 Å². The van der Waals surface area contributed by atoms with Crippen LogP contribution in [0, 0.1) is 4.77 Å². The molecule has 0 aliphatic carbocycles. The SMILES string of the molecule is Nc1nc2c3ccccc3nc(=S)n2[nH]1. The van der Waals surface area contributed by atoms with E-state index in [2.05, 4.69) is 15.1 Å². The molecule has 3 N–H and O–H groups in total. The summed E-state index contributed by atoms with van der Waals surface area (Å²) in [6.07, 6.45) is 0. The molecule has 15 heavy (non-hydrogen) atoms. The highest BCUT2D eigenvalue weighted by Crippen LogP contribution is 2.16. The Labute approximate surface area is 89.6 Å². The number of rotatable bonds is 0. The molecule has 0 atom stereocenters. The minimum Gasteiger partial charge on any atom is -0.368 e. The lowest BCUT2D eigenvalue weighted by Gasteiger charge is -1.97. The largest absolute Gasteiger partial charge is 0.368 e. The van der Waals surface area contributed by atoms with Gasteiger partial charge in [-0.05, 0) is 24.4 Å². The van der Waals surface area contributed by atoms with Gasteiger partial charge in [-0.15, -0.1) is 0 Å². The van der Waals surface area contributed by atoms with E-state index in [1.54, 1.807) is 4.52 Å². The molecule has 3 aromatic rings. The normalized spacial score (nSPS) is 11.2. The van der Waals surface area contributed by atoms with Crippen molar-refractivity contribution in [3.63, 3.8) is 0 Å². The third-order valence-electron chi connectivity index (χ3n) is 2.22. The quantitative estimate of drug-likeness (QED) is 0.560. The Morgan fingerprint density at radius 1 is 1.27 bits per heavy atom. The van der Waals surface area contributed by atoms with Gasteiger partial charge in [0.25, 0.3) is 0 Å². The molecule has 0 saturated carbocycles. The summed E-state index contributed by atoms with van der Waals surface area (Å²) in [6.45, 7) is 0. The minimum absolute atomic E-state index is 0.333. The fourth-order valence-electron chi connectivity index (χ4n) is 1.59. The van der Waals surface area contributed by atoms with Crippen molar-refractivity contribution in [2.24, 2.45) is 0 Å². The third-order valence-corrected chi connectivity index (χ3v) is 2.49. The van der Waals surface area contributed by atoms with Crippen LogP contribution in [0.5, 0.6) is 0 Å². The maximum absolute atomic E-state index is 5.59. The molecule has 2 heterocycles. The van der Waals surface area contributed by atoms with Gasteiger partial charge in [-0.1, -0.05) is 12.1 Å². The van der Waals surface area contributed by atoms with E-state index in [9.17, 15) is 0 Å². The monoisotopic (exact) mass is 217 g/mol. The van der Waals surface area contributed by atoms with Crippen LogP contribution in [-0.2, 0) is 0 Å². The van der Waals surface area contributed by atoms with E-state index < -0.39 is 0 Å². The molecule has 0 aliphatic rings. The summed E-state index contributed by atoms with van der Waals surface area (Å²) in [5.41, 5.74) is 7.13. The van der Waals surface area contributed by atoms with Gasteiger partial charge in [0.1, 0.15) is 0 Å². The van der Waals surface area contributed by atoms with Gasteiger partial charge < -0.3 is 5.73 Å². The second-order valence-corrected chi connectivity index (χ2v) is 3.54. The summed E-state index contributed by atoms with van der Waals surface area (Å²) < 4.78 is 2.03. The van der Waals surface area contributed by atoms with Crippen LogP contribution in [0.1, 0.15) is 0 Å². The van der Waals surface area contributed by atoms with E-state index in [0.717, 1.165) is 10.9 Å². The zero-order valence-electron chi connectivity index (χ0n) is 7.64. The average Bonchev–Trinajstić information content (AvgIpc) is 2.61. The minimum atomic E-state index is 0.333. The number of aromatic nitrogens is 4. The highest BCUT2D eigenvalue weighted by atomic mass is 32.1. The van der Waals surface area contributed by atoms with Gasteiger partial charge >= 0.3 is 0 Å². The molecule has 3 rings (SSSR count). The molecule has 0 radical (unpaired) electrons. The summed E-state index contributed by atoms with van der Waals surface area (Å²) in [6, 6.07) is 7.68. The maximum Gasteiger partial charge on any atom is 0.221 e. The van der Waals surface area contributed by atoms with Gasteiger partial charge in [0.15, 0.2) is 5.65 Å². The van der Waals surface area contributed by atoms with Crippen LogP contribution in [0.25, 0.3) is 16.6 Å². The lowest BCUT2D eigenvalue weighted by atomic mass is 10.2. The zero-order chi connectivity index (χ0) is 10.4. The number of fused-ring (bicyclic) bond motifs is 3. The molecular weight excluding hydrogens is 210 g/mol. The molecule has 0 amide bonds. The van der Waals surface area contributed by atoms with Crippen molar-refractivity contribution in [3.05, 3.63) is 29.0 Å². The van der Waals surface area contributed by atoms with Crippen molar-refractivity contribution < 1.29 is 0 Å². The van der Waals surface area contributed by atoms with Crippen LogP contribution in [0.15, 0.2) is 24.3 Å². The molecule has 0 saturated heterocycles. The lowest BCUT2D eigenvalue weighted by Crippen LogP contribution is -1.94. The number of aromatic amines is 1. The van der Waals surface area contributed by atoms with Crippen LogP contribution >= 0.6 is 12.2 Å². The predicted molar refractivity (Wildman–Crippen MR) is 60.1 cm³/mol. The number of hydrogen-bond acceptors (Lipinski definition) is 4. The van der Waals surface area contributed by atoms with E-state index >= 15 is 0 Å². The standard InChI is InChI=1S/C9H7N5S/c10-8-12-7-5-3-1-2-4-6(5)11-9(15)14(7)13-8/h1-4H,(H3,10,12,13). The summed E-state index contributed by atoms with van der Waals surface area (Å²) in [7, 11) is 0. The number of nitrogens with zero attached hydrogens (tertiary/aromatic N) is 3. The topological polar surface area (TPSA) is 72.0 Å². The smallest absolute Gasteiger partial charge is 0.221 e. The average molecular weight is 217 g/mol. The van der Waals surface area contributed by atoms with E-state index in [1.807, 2.05) is 24.3 Å². The van der Waals surface area contributed by atoms with Crippen LogP contribution in [-0.4, -0.2) is 19.6 Å². The van der Waals surface area contributed by atoms with E-state index in [1.165, 1.54) is 0 Å². The van der Waals surface area contributed by atoms with Crippen molar-refractivity contribution >= 4 is 34.7 Å². The Morgan fingerprint density at radius 2 is 2.07 bits per heavy atom. The number of benzene rings is 1. The fraction of sp³-hybridized carbons (Fsp3) is 0. The first-order valence-corrected chi connectivity index (χ1v) is 4.79. The first-order valence-electron chi connectivity index (χ1n) is 4.39. The summed E-state index contributed by atoms with van der Waals surface area (Å²) >= 11 is 5.12. The number of hydrogen-bond donors (Lipinski definition) is 2. The van der Waals surface area contributed by atoms with E-state index in [-0.39, 0.29) is 0 Å². The molecule has 0 unspecified atom stereocenters. The third kappa shape index (κ3) is 1.11. The van der Waals surface area contributed by atoms with E-state index in [0.29, 0.717) is 16.4 Å². The highest BCUT2D eigenvalue weighted by Gasteiger charge is 2.05. The summed E-state index contributed by atoms with van der Waals surface area (Å²) in [5.74, 6) is 0.333. The molecule has 6 heteroatoms. The van der Waals surface area contributed by atoms with Crippen LogP contribution in [0.2, 0.25) is 0 Å². The number of nitrogens with two attached hydrogens (primary N) is 1. The molecule has 2 aromatic heterocycles. The van der Waals surface area contributed by atoms with Gasteiger partial charge in [0, 0.05) is 5.39 Å². The second kappa shape index (κ2) is 2.77. The van der Waals surface area contributed by atoms with Gasteiger partial charge in [-0.3, -0.25) is 5.10 Å². The molecule has 74 valence electrons. The van der Waals surface area contributed by atoms with Gasteiger partial charge in [0.05, 0.1) is 5.52 Å². The Bertz CT molecular complexity index is 711. The van der Waals surface area contributed by atoms with Crippen LogP contribution in [0.3, 0.4) is 0 Å². The Hall–Kier alpha value is -1.95. The number of nitrogen functional groups attached to an aromatic ring is 1. The molecule has 0 fully saturated rings. The first-order chi connectivity index (χ1) is 7.25. The fourth-order valence-corrected chi connectivity index (χ4v) is 1.82. The van der Waals surface area contributed by atoms with Crippen molar-refractivity contribution in [2.45, 2.75) is 0 Å². The first kappa shape index (κ1) is 8.37. The number of para-hydroxylation sites is 1. The Balaban J connectivity index is 2.69. The van der Waals surface area contributed by atoms with Crippen molar-refractivity contribution in [3.8, 4) is 0 Å². The molecule has 0 bridgehead atoms. The summed E-state index contributed by atoms with van der Waals surface area (Å²) in [5, 5.41) is 3.77. The van der Waals surface area contributed by atoms with Gasteiger partial charge in [-0.25, -0.2) is 9.50 Å². The lowest BCUT2D eigenvalue weighted by molar-refractivity contribution is 0.920. The number of anilines is 1. The number of H-pyrrole nitrogens is 1.